The van der Waals surface area contributed by atoms with Gasteiger partial charge < -0.3 is 9.47 Å². The molecule has 6 heteroatoms. The monoisotopic (exact) mass is 409 g/mol. The summed E-state index contributed by atoms with van der Waals surface area (Å²) in [4.78, 5) is 16.0. The first-order chi connectivity index (χ1) is 14.0. The number of benzene rings is 1. The van der Waals surface area contributed by atoms with Crippen molar-refractivity contribution in [3.05, 3.63) is 53.9 Å². The third-order valence-electron chi connectivity index (χ3n) is 5.17. The SMILES string of the molecule is CC(C)(C)OC=O.C[C@@H]1C(c2ccc(-c3ccc(C#N)nc3)cc2)OC(C)(C)N1C. The molecule has 1 aliphatic rings. The summed E-state index contributed by atoms with van der Waals surface area (Å²) in [6.07, 6.45) is 1.81. The summed E-state index contributed by atoms with van der Waals surface area (Å²) in [5.41, 5.74) is 3.14. The first kappa shape index (κ1) is 23.5. The van der Waals surface area contributed by atoms with E-state index in [0.29, 0.717) is 18.2 Å². The number of aromatic nitrogens is 1. The fourth-order valence-electron chi connectivity index (χ4n) is 3.17. The number of ether oxygens (including phenoxy) is 2. The van der Waals surface area contributed by atoms with E-state index < -0.39 is 0 Å². The maximum atomic E-state index is 9.60. The highest BCUT2D eigenvalue weighted by atomic mass is 16.5. The van der Waals surface area contributed by atoms with Crippen molar-refractivity contribution in [3.8, 4) is 17.2 Å². The molecule has 1 saturated heterocycles. The Labute approximate surface area is 179 Å². The van der Waals surface area contributed by atoms with Gasteiger partial charge in [-0.2, -0.15) is 5.26 Å². The average molecular weight is 410 g/mol. The van der Waals surface area contributed by atoms with Crippen LogP contribution in [0.3, 0.4) is 0 Å². The van der Waals surface area contributed by atoms with E-state index in [1.165, 1.54) is 5.56 Å². The number of pyridine rings is 1. The van der Waals surface area contributed by atoms with Gasteiger partial charge in [0.1, 0.15) is 29.2 Å². The van der Waals surface area contributed by atoms with Gasteiger partial charge in [-0.3, -0.25) is 9.69 Å². The lowest BCUT2D eigenvalue weighted by molar-refractivity contribution is -0.138. The Hall–Kier alpha value is -2.75. The fraction of sp³-hybridized carbons (Fsp3) is 0.458. The van der Waals surface area contributed by atoms with Crippen LogP contribution < -0.4 is 0 Å². The van der Waals surface area contributed by atoms with E-state index in [1.54, 1.807) is 12.3 Å². The molecule has 1 aliphatic heterocycles. The topological polar surface area (TPSA) is 75.5 Å². The van der Waals surface area contributed by atoms with E-state index >= 15 is 0 Å². The van der Waals surface area contributed by atoms with Gasteiger partial charge in [-0.1, -0.05) is 24.3 Å². The van der Waals surface area contributed by atoms with E-state index in [2.05, 4.69) is 66.7 Å². The number of nitrogens with zero attached hydrogens (tertiary/aromatic N) is 3. The van der Waals surface area contributed by atoms with Crippen molar-refractivity contribution < 1.29 is 14.3 Å². The number of nitriles is 1. The molecule has 160 valence electrons. The van der Waals surface area contributed by atoms with Crippen LogP contribution in [0, 0.1) is 11.3 Å². The van der Waals surface area contributed by atoms with Crippen molar-refractivity contribution in [2.24, 2.45) is 0 Å². The standard InChI is InChI=1S/C19H21N3O.C5H10O2/c1-13-18(23-19(2,3)22(13)4)15-7-5-14(6-8-15)16-9-10-17(11-20)21-12-16;1-5(2,3)7-4-6/h5-10,12-13,18H,1-4H3;4H,1-3H3/t13-,18?;/m1./s1. The molecule has 6 nitrogen and oxygen atoms in total. The Balaban J connectivity index is 0.000000396. The van der Waals surface area contributed by atoms with E-state index in [0.717, 1.165) is 11.1 Å². The fourth-order valence-corrected chi connectivity index (χ4v) is 3.17. The van der Waals surface area contributed by atoms with Gasteiger partial charge in [0.05, 0.1) is 0 Å². The summed E-state index contributed by atoms with van der Waals surface area (Å²) in [7, 11) is 2.10. The molecule has 30 heavy (non-hydrogen) atoms. The van der Waals surface area contributed by atoms with Crippen LogP contribution in [0.5, 0.6) is 0 Å². The average Bonchev–Trinajstić information content (AvgIpc) is 2.91. The highest BCUT2D eigenvalue weighted by Gasteiger charge is 2.43. The van der Waals surface area contributed by atoms with Gasteiger partial charge in [-0.25, -0.2) is 4.98 Å². The van der Waals surface area contributed by atoms with Gasteiger partial charge in [0.15, 0.2) is 0 Å². The van der Waals surface area contributed by atoms with Crippen molar-refractivity contribution in [1.82, 2.24) is 9.88 Å². The highest BCUT2D eigenvalue weighted by Crippen LogP contribution is 2.39. The van der Waals surface area contributed by atoms with Gasteiger partial charge in [-0.05, 0) is 71.8 Å². The molecule has 0 saturated carbocycles. The van der Waals surface area contributed by atoms with Gasteiger partial charge in [0.2, 0.25) is 0 Å². The second kappa shape index (κ2) is 9.38. The second-order valence-corrected chi connectivity index (χ2v) is 8.83. The lowest BCUT2D eigenvalue weighted by Crippen LogP contribution is -2.39. The van der Waals surface area contributed by atoms with Crippen molar-refractivity contribution in [2.45, 2.75) is 65.0 Å². The zero-order valence-electron chi connectivity index (χ0n) is 18.8. The first-order valence-electron chi connectivity index (χ1n) is 9.97. The van der Waals surface area contributed by atoms with Gasteiger partial charge in [-0.15, -0.1) is 0 Å². The lowest BCUT2D eigenvalue weighted by Gasteiger charge is -2.27. The van der Waals surface area contributed by atoms with Crippen LogP contribution in [0.2, 0.25) is 0 Å². The molecule has 0 amide bonds. The van der Waals surface area contributed by atoms with Crippen molar-refractivity contribution in [1.29, 1.82) is 5.26 Å². The lowest BCUT2D eigenvalue weighted by atomic mass is 10.00. The Kier molecular flexibility index (Phi) is 7.35. The summed E-state index contributed by atoms with van der Waals surface area (Å²) in [6.45, 7) is 12.3. The molecule has 0 N–H and O–H groups in total. The van der Waals surface area contributed by atoms with Crippen molar-refractivity contribution in [3.63, 3.8) is 0 Å². The largest absolute Gasteiger partial charge is 0.462 e. The van der Waals surface area contributed by atoms with Crippen LogP contribution in [0.1, 0.15) is 58.9 Å². The number of carbonyl (C=O) groups excluding carboxylic acids is 1. The molecular weight excluding hydrogens is 378 g/mol. The Morgan fingerprint density at radius 2 is 1.77 bits per heavy atom. The third kappa shape index (κ3) is 5.88. The summed E-state index contributed by atoms with van der Waals surface area (Å²) < 4.78 is 10.8. The number of carbonyl (C=O) groups is 1. The first-order valence-corrected chi connectivity index (χ1v) is 9.97. The zero-order valence-corrected chi connectivity index (χ0v) is 18.8. The quantitative estimate of drug-likeness (QED) is 0.684. The number of likely N-dealkylation sites (N-methyl/N-ethyl adjacent to an activating group) is 1. The molecule has 1 fully saturated rings. The molecule has 2 atom stereocenters. The summed E-state index contributed by atoms with van der Waals surface area (Å²) in [5.74, 6) is 0. The Morgan fingerprint density at radius 3 is 2.13 bits per heavy atom. The summed E-state index contributed by atoms with van der Waals surface area (Å²) >= 11 is 0. The van der Waals surface area contributed by atoms with Crippen LogP contribution >= 0.6 is 0 Å². The number of hydrogen-bond donors (Lipinski definition) is 0. The predicted octanol–water partition coefficient (Wildman–Crippen LogP) is 4.71. The van der Waals surface area contributed by atoms with E-state index in [-0.39, 0.29) is 17.4 Å². The smallest absolute Gasteiger partial charge is 0.293 e. The number of rotatable bonds is 3. The molecule has 1 unspecified atom stereocenters. The maximum Gasteiger partial charge on any atom is 0.293 e. The minimum Gasteiger partial charge on any atom is -0.462 e. The van der Waals surface area contributed by atoms with E-state index in [4.69, 9.17) is 10.00 Å². The predicted molar refractivity (Wildman–Crippen MR) is 116 cm³/mol. The molecule has 0 bridgehead atoms. The summed E-state index contributed by atoms with van der Waals surface area (Å²) in [5, 5.41) is 8.81. The molecule has 2 aromatic rings. The van der Waals surface area contributed by atoms with E-state index in [9.17, 15) is 4.79 Å². The minimum absolute atomic E-state index is 0.0724. The molecule has 2 heterocycles. The minimum atomic E-state index is -0.318. The van der Waals surface area contributed by atoms with Crippen molar-refractivity contribution in [2.75, 3.05) is 7.05 Å². The molecule has 0 spiro atoms. The van der Waals surface area contributed by atoms with E-state index in [1.807, 2.05) is 32.9 Å². The van der Waals surface area contributed by atoms with Gasteiger partial charge >= 0.3 is 0 Å². The molecule has 1 aromatic heterocycles. The number of hydrogen-bond acceptors (Lipinski definition) is 6. The molecular formula is C24H31N3O3. The van der Waals surface area contributed by atoms with Crippen molar-refractivity contribution >= 4 is 6.47 Å². The summed E-state index contributed by atoms with van der Waals surface area (Å²) in [6, 6.07) is 14.4. The maximum absolute atomic E-state index is 9.60. The second-order valence-electron chi connectivity index (χ2n) is 8.83. The van der Waals surface area contributed by atoms with Crippen LogP contribution in [0.25, 0.3) is 11.1 Å². The molecule has 3 rings (SSSR count). The van der Waals surface area contributed by atoms with Crippen LogP contribution in [-0.2, 0) is 14.3 Å². The Bertz CT molecular complexity index is 878. The van der Waals surface area contributed by atoms with Crippen LogP contribution in [0.4, 0.5) is 0 Å². The third-order valence-corrected chi connectivity index (χ3v) is 5.17. The van der Waals surface area contributed by atoms with Gasteiger partial charge in [0.25, 0.3) is 6.47 Å². The van der Waals surface area contributed by atoms with Gasteiger partial charge in [0, 0.05) is 17.8 Å². The normalized spacial score (nSPS) is 20.6. The highest BCUT2D eigenvalue weighted by molar-refractivity contribution is 5.63. The van der Waals surface area contributed by atoms with Crippen LogP contribution in [-0.4, -0.2) is 40.8 Å². The zero-order chi connectivity index (χ0) is 22.5. The molecule has 0 aliphatic carbocycles. The molecule has 0 radical (unpaired) electrons. The molecule has 1 aromatic carbocycles. The Morgan fingerprint density at radius 1 is 1.17 bits per heavy atom. The van der Waals surface area contributed by atoms with Crippen LogP contribution in [0.15, 0.2) is 42.6 Å².